The van der Waals surface area contributed by atoms with E-state index in [0.717, 1.165) is 31.2 Å². The molecule has 102 valence electrons. The molecule has 0 aliphatic carbocycles. The fraction of sp³-hybridized carbons (Fsp3) is 0.400. The number of imidazole rings is 1. The van der Waals surface area contributed by atoms with Crippen LogP contribution in [0, 0.1) is 6.92 Å². The van der Waals surface area contributed by atoms with Crippen LogP contribution < -0.4 is 10.1 Å². The van der Waals surface area contributed by atoms with Crippen LogP contribution >= 0.6 is 0 Å². The van der Waals surface area contributed by atoms with E-state index in [4.69, 9.17) is 4.74 Å². The molecular weight excluding hydrogens is 238 g/mol. The number of nitrogens with zero attached hydrogens (tertiary/aromatic N) is 2. The topological polar surface area (TPSA) is 39.1 Å². The minimum absolute atomic E-state index is 0.788. The van der Waals surface area contributed by atoms with E-state index in [0.29, 0.717) is 0 Å². The summed E-state index contributed by atoms with van der Waals surface area (Å²) in [7, 11) is 1.71. The normalized spacial score (nSPS) is 10.7. The van der Waals surface area contributed by atoms with Crippen molar-refractivity contribution in [3.8, 4) is 5.75 Å². The molecule has 1 heterocycles. The Balaban J connectivity index is 2.24. The van der Waals surface area contributed by atoms with Crippen molar-refractivity contribution in [3.05, 3.63) is 47.5 Å². The summed E-state index contributed by atoms with van der Waals surface area (Å²) in [6.07, 6.45) is 1.94. The molecule has 0 aliphatic heterocycles. The summed E-state index contributed by atoms with van der Waals surface area (Å²) in [4.78, 5) is 4.40. The van der Waals surface area contributed by atoms with Crippen molar-refractivity contribution in [3.63, 3.8) is 0 Å². The minimum Gasteiger partial charge on any atom is -0.496 e. The summed E-state index contributed by atoms with van der Waals surface area (Å²) in [5, 5.41) is 3.34. The zero-order valence-electron chi connectivity index (χ0n) is 11.8. The Labute approximate surface area is 114 Å². The Bertz CT molecular complexity index is 534. The number of hydrogen-bond donors (Lipinski definition) is 1. The van der Waals surface area contributed by atoms with Crippen LogP contribution in [0.3, 0.4) is 0 Å². The molecule has 2 aromatic rings. The number of methoxy groups -OCH3 is 1. The maximum Gasteiger partial charge on any atom is 0.123 e. The number of rotatable bonds is 6. The molecule has 0 fully saturated rings. The number of ether oxygens (including phenoxy) is 1. The van der Waals surface area contributed by atoms with Gasteiger partial charge in [0.05, 0.1) is 19.3 Å². The highest BCUT2D eigenvalue weighted by Crippen LogP contribution is 2.20. The van der Waals surface area contributed by atoms with Gasteiger partial charge in [0.25, 0.3) is 0 Å². The highest BCUT2D eigenvalue weighted by molar-refractivity contribution is 5.33. The van der Waals surface area contributed by atoms with Crippen LogP contribution in [0.5, 0.6) is 5.75 Å². The number of aromatic nitrogens is 2. The molecular formula is C15H21N3O. The number of hydrogen-bond acceptors (Lipinski definition) is 3. The van der Waals surface area contributed by atoms with E-state index in [1.165, 1.54) is 11.3 Å². The van der Waals surface area contributed by atoms with Crippen LogP contribution in [-0.2, 0) is 13.1 Å². The third-order valence-corrected chi connectivity index (χ3v) is 3.21. The second-order valence-corrected chi connectivity index (χ2v) is 4.48. The average molecular weight is 259 g/mol. The standard InChI is InChI=1S/C15H21N3O/c1-4-16-9-14-10-17-12(2)18(14)11-13-7-5-6-8-15(13)19-3/h5-8,10,16H,4,9,11H2,1-3H3. The van der Waals surface area contributed by atoms with Crippen molar-refractivity contribution in [2.24, 2.45) is 0 Å². The van der Waals surface area contributed by atoms with Gasteiger partial charge in [0.2, 0.25) is 0 Å². The lowest BCUT2D eigenvalue weighted by Crippen LogP contribution is -2.16. The third-order valence-electron chi connectivity index (χ3n) is 3.21. The maximum atomic E-state index is 5.41. The van der Waals surface area contributed by atoms with Gasteiger partial charge in [0, 0.05) is 18.3 Å². The highest BCUT2D eigenvalue weighted by Gasteiger charge is 2.09. The second kappa shape index (κ2) is 6.38. The van der Waals surface area contributed by atoms with Crippen LogP contribution in [0.4, 0.5) is 0 Å². The summed E-state index contributed by atoms with van der Waals surface area (Å²) in [6, 6.07) is 8.11. The summed E-state index contributed by atoms with van der Waals surface area (Å²) >= 11 is 0. The summed E-state index contributed by atoms with van der Waals surface area (Å²) in [5.74, 6) is 1.95. The number of nitrogens with one attached hydrogen (secondary N) is 1. The zero-order valence-corrected chi connectivity index (χ0v) is 11.8. The van der Waals surface area contributed by atoms with Crippen molar-refractivity contribution in [1.82, 2.24) is 14.9 Å². The molecule has 0 unspecified atom stereocenters. The van der Waals surface area contributed by atoms with Crippen molar-refractivity contribution >= 4 is 0 Å². The lowest BCUT2D eigenvalue weighted by molar-refractivity contribution is 0.408. The molecule has 0 saturated carbocycles. The molecule has 1 aromatic carbocycles. The van der Waals surface area contributed by atoms with Crippen molar-refractivity contribution in [2.45, 2.75) is 26.9 Å². The van der Waals surface area contributed by atoms with Crippen LogP contribution in [-0.4, -0.2) is 23.2 Å². The van der Waals surface area contributed by atoms with Gasteiger partial charge in [-0.15, -0.1) is 0 Å². The van der Waals surface area contributed by atoms with E-state index >= 15 is 0 Å². The molecule has 0 atom stereocenters. The fourth-order valence-corrected chi connectivity index (χ4v) is 2.13. The van der Waals surface area contributed by atoms with Crippen LogP contribution in [0.25, 0.3) is 0 Å². The van der Waals surface area contributed by atoms with Crippen molar-refractivity contribution in [2.75, 3.05) is 13.7 Å². The summed E-state index contributed by atoms with van der Waals surface area (Å²) in [5.41, 5.74) is 2.37. The molecule has 0 bridgehead atoms. The molecule has 1 aromatic heterocycles. The number of benzene rings is 1. The van der Waals surface area contributed by atoms with Gasteiger partial charge < -0.3 is 14.6 Å². The first-order valence-electron chi connectivity index (χ1n) is 6.59. The molecule has 0 aliphatic rings. The molecule has 4 heteroatoms. The Morgan fingerprint density at radius 3 is 2.84 bits per heavy atom. The van der Waals surface area contributed by atoms with Gasteiger partial charge >= 0.3 is 0 Å². The smallest absolute Gasteiger partial charge is 0.123 e. The first kappa shape index (κ1) is 13.6. The second-order valence-electron chi connectivity index (χ2n) is 4.48. The monoisotopic (exact) mass is 259 g/mol. The molecule has 19 heavy (non-hydrogen) atoms. The van der Waals surface area contributed by atoms with Crippen molar-refractivity contribution in [1.29, 1.82) is 0 Å². The zero-order chi connectivity index (χ0) is 13.7. The van der Waals surface area contributed by atoms with Gasteiger partial charge in [0.15, 0.2) is 0 Å². The van der Waals surface area contributed by atoms with E-state index < -0.39 is 0 Å². The molecule has 1 N–H and O–H groups in total. The molecule has 0 spiro atoms. The summed E-state index contributed by atoms with van der Waals surface area (Å²) < 4.78 is 7.63. The predicted molar refractivity (Wildman–Crippen MR) is 76.4 cm³/mol. The third kappa shape index (κ3) is 3.15. The van der Waals surface area contributed by atoms with Crippen LogP contribution in [0.15, 0.2) is 30.5 Å². The van der Waals surface area contributed by atoms with E-state index in [-0.39, 0.29) is 0 Å². The lowest BCUT2D eigenvalue weighted by atomic mass is 10.2. The quantitative estimate of drug-likeness (QED) is 0.865. The lowest BCUT2D eigenvalue weighted by Gasteiger charge is -2.13. The Morgan fingerprint density at radius 2 is 2.11 bits per heavy atom. The average Bonchev–Trinajstić information content (AvgIpc) is 2.78. The molecule has 0 radical (unpaired) electrons. The van der Waals surface area contributed by atoms with Gasteiger partial charge in [-0.2, -0.15) is 0 Å². The van der Waals surface area contributed by atoms with Crippen LogP contribution in [0.2, 0.25) is 0 Å². The first-order valence-corrected chi connectivity index (χ1v) is 6.59. The highest BCUT2D eigenvalue weighted by atomic mass is 16.5. The van der Waals surface area contributed by atoms with Crippen LogP contribution in [0.1, 0.15) is 24.0 Å². The van der Waals surface area contributed by atoms with E-state index in [1.54, 1.807) is 7.11 Å². The van der Waals surface area contributed by atoms with E-state index in [1.807, 2.05) is 31.3 Å². The maximum absolute atomic E-state index is 5.41. The van der Waals surface area contributed by atoms with Gasteiger partial charge in [0.1, 0.15) is 11.6 Å². The van der Waals surface area contributed by atoms with Crippen molar-refractivity contribution < 1.29 is 4.74 Å². The Kier molecular flexibility index (Phi) is 4.58. The first-order chi connectivity index (χ1) is 9.26. The number of aryl methyl sites for hydroxylation is 1. The minimum atomic E-state index is 0.788. The van der Waals surface area contributed by atoms with Gasteiger partial charge in [-0.3, -0.25) is 0 Å². The Hall–Kier alpha value is -1.81. The van der Waals surface area contributed by atoms with Gasteiger partial charge in [-0.05, 0) is 19.5 Å². The molecule has 2 rings (SSSR count). The van der Waals surface area contributed by atoms with Gasteiger partial charge in [-0.25, -0.2) is 4.98 Å². The Morgan fingerprint density at radius 1 is 1.32 bits per heavy atom. The molecule has 4 nitrogen and oxygen atoms in total. The largest absolute Gasteiger partial charge is 0.496 e. The molecule has 0 amide bonds. The van der Waals surface area contributed by atoms with E-state index in [9.17, 15) is 0 Å². The van der Waals surface area contributed by atoms with E-state index in [2.05, 4.69) is 27.9 Å². The number of para-hydroxylation sites is 1. The molecule has 0 saturated heterocycles. The fourth-order valence-electron chi connectivity index (χ4n) is 2.13. The summed E-state index contributed by atoms with van der Waals surface area (Å²) in [6.45, 7) is 6.72. The SMILES string of the molecule is CCNCc1cnc(C)n1Cc1ccccc1OC. The van der Waals surface area contributed by atoms with Gasteiger partial charge in [-0.1, -0.05) is 25.1 Å². The predicted octanol–water partition coefficient (Wildman–Crippen LogP) is 2.36.